The zero-order chi connectivity index (χ0) is 15.0. The molecule has 0 amide bonds. The van der Waals surface area contributed by atoms with E-state index >= 15 is 0 Å². The Morgan fingerprint density at radius 2 is 2.05 bits per heavy atom. The van der Waals surface area contributed by atoms with E-state index in [4.69, 9.17) is 0 Å². The lowest BCUT2D eigenvalue weighted by atomic mass is 10.1. The Morgan fingerprint density at radius 3 is 2.70 bits per heavy atom. The molecule has 1 aromatic rings. The molecule has 0 aliphatic heterocycles. The van der Waals surface area contributed by atoms with Crippen molar-refractivity contribution in [3.63, 3.8) is 0 Å². The third kappa shape index (κ3) is 6.61. The third-order valence-electron chi connectivity index (χ3n) is 2.72. The number of benzene rings is 1. The molecule has 1 rings (SSSR count). The maximum absolute atomic E-state index is 12.2. The molecule has 0 saturated carbocycles. The standard InChI is InChI=1S/C15H20F3NO/c1-3-9-19-10-5-6-12(2)13-7-4-8-14(11-13)20-15(16,17)18/h4,6-8,11,19H,3,5,9-10H2,1-2H3. The Hall–Kier alpha value is -1.49. The molecule has 5 heteroatoms. The van der Waals surface area contributed by atoms with Gasteiger partial charge in [0.15, 0.2) is 0 Å². The van der Waals surface area contributed by atoms with Gasteiger partial charge in [-0.15, -0.1) is 13.2 Å². The van der Waals surface area contributed by atoms with Crippen molar-refractivity contribution in [2.75, 3.05) is 13.1 Å². The molecule has 1 aromatic carbocycles. The zero-order valence-corrected chi connectivity index (χ0v) is 11.8. The SMILES string of the molecule is CCCNCCC=C(C)c1cccc(OC(F)(F)F)c1. The van der Waals surface area contributed by atoms with Gasteiger partial charge in [-0.1, -0.05) is 25.1 Å². The van der Waals surface area contributed by atoms with Crippen LogP contribution in [-0.4, -0.2) is 19.5 Å². The number of ether oxygens (including phenoxy) is 1. The summed E-state index contributed by atoms with van der Waals surface area (Å²) >= 11 is 0. The smallest absolute Gasteiger partial charge is 0.406 e. The highest BCUT2D eigenvalue weighted by Crippen LogP contribution is 2.25. The van der Waals surface area contributed by atoms with Gasteiger partial charge in [0.2, 0.25) is 0 Å². The van der Waals surface area contributed by atoms with E-state index in [1.165, 1.54) is 12.1 Å². The molecule has 112 valence electrons. The molecule has 0 heterocycles. The molecule has 0 spiro atoms. The quantitative estimate of drug-likeness (QED) is 0.751. The average Bonchev–Trinajstić information content (AvgIpc) is 2.36. The third-order valence-corrected chi connectivity index (χ3v) is 2.72. The van der Waals surface area contributed by atoms with Crippen molar-refractivity contribution in [1.29, 1.82) is 0 Å². The second-order valence-electron chi connectivity index (χ2n) is 4.50. The highest BCUT2D eigenvalue weighted by atomic mass is 19.4. The summed E-state index contributed by atoms with van der Waals surface area (Å²) in [6, 6.07) is 6.03. The van der Waals surface area contributed by atoms with Crippen molar-refractivity contribution in [1.82, 2.24) is 5.32 Å². The number of nitrogens with one attached hydrogen (secondary N) is 1. The van der Waals surface area contributed by atoms with E-state index in [1.807, 2.05) is 13.0 Å². The van der Waals surface area contributed by atoms with E-state index in [9.17, 15) is 13.2 Å². The molecular weight excluding hydrogens is 267 g/mol. The second kappa shape index (κ2) is 7.94. The van der Waals surface area contributed by atoms with E-state index < -0.39 is 6.36 Å². The van der Waals surface area contributed by atoms with Gasteiger partial charge in [0.1, 0.15) is 5.75 Å². The Bertz CT molecular complexity index is 441. The molecule has 0 aromatic heterocycles. The van der Waals surface area contributed by atoms with E-state index in [0.29, 0.717) is 0 Å². The van der Waals surface area contributed by atoms with Gasteiger partial charge in [-0.25, -0.2) is 0 Å². The molecule has 20 heavy (non-hydrogen) atoms. The minimum absolute atomic E-state index is 0.188. The summed E-state index contributed by atoms with van der Waals surface area (Å²) < 4.78 is 40.4. The topological polar surface area (TPSA) is 21.3 Å². The van der Waals surface area contributed by atoms with E-state index in [-0.39, 0.29) is 5.75 Å². The Kier molecular flexibility index (Phi) is 6.58. The van der Waals surface area contributed by atoms with Crippen molar-refractivity contribution in [2.45, 2.75) is 33.1 Å². The van der Waals surface area contributed by atoms with Crippen LogP contribution in [0.3, 0.4) is 0 Å². The average molecular weight is 287 g/mol. The molecule has 0 atom stereocenters. The van der Waals surface area contributed by atoms with Crippen LogP contribution in [0, 0.1) is 0 Å². The van der Waals surface area contributed by atoms with E-state index in [0.717, 1.165) is 37.1 Å². The van der Waals surface area contributed by atoms with Crippen LogP contribution in [0.5, 0.6) is 5.75 Å². The molecule has 0 radical (unpaired) electrons. The number of hydrogen-bond acceptors (Lipinski definition) is 2. The highest BCUT2D eigenvalue weighted by Gasteiger charge is 2.31. The van der Waals surface area contributed by atoms with Crippen molar-refractivity contribution in [3.8, 4) is 5.75 Å². The molecule has 1 N–H and O–H groups in total. The van der Waals surface area contributed by atoms with Crippen LogP contribution in [0.1, 0.15) is 32.3 Å². The fourth-order valence-corrected chi connectivity index (χ4v) is 1.75. The number of alkyl halides is 3. The van der Waals surface area contributed by atoms with E-state index in [2.05, 4.69) is 17.0 Å². The predicted molar refractivity (Wildman–Crippen MR) is 74.6 cm³/mol. The Labute approximate surface area is 117 Å². The molecular formula is C15H20F3NO. The van der Waals surface area contributed by atoms with Crippen LogP contribution in [0.4, 0.5) is 13.2 Å². The first-order valence-electron chi connectivity index (χ1n) is 6.66. The predicted octanol–water partition coefficient (Wildman–Crippen LogP) is 4.38. The Morgan fingerprint density at radius 1 is 1.30 bits per heavy atom. The molecule has 0 saturated heterocycles. The molecule has 0 aliphatic carbocycles. The lowest BCUT2D eigenvalue weighted by Crippen LogP contribution is -2.17. The maximum atomic E-state index is 12.2. The summed E-state index contributed by atoms with van der Waals surface area (Å²) in [5, 5.41) is 3.27. The normalized spacial score (nSPS) is 12.6. The maximum Gasteiger partial charge on any atom is 0.573 e. The lowest BCUT2D eigenvalue weighted by Gasteiger charge is -2.10. The number of hydrogen-bond donors (Lipinski definition) is 1. The first-order chi connectivity index (χ1) is 9.42. The molecule has 0 bridgehead atoms. The van der Waals surface area contributed by atoms with Crippen LogP contribution < -0.4 is 10.1 Å². The van der Waals surface area contributed by atoms with Crippen LogP contribution >= 0.6 is 0 Å². The Balaban J connectivity index is 2.61. The van der Waals surface area contributed by atoms with E-state index in [1.54, 1.807) is 12.1 Å². The van der Waals surface area contributed by atoms with Gasteiger partial charge in [-0.3, -0.25) is 0 Å². The second-order valence-corrected chi connectivity index (χ2v) is 4.50. The monoisotopic (exact) mass is 287 g/mol. The number of allylic oxidation sites excluding steroid dienone is 1. The summed E-state index contributed by atoms with van der Waals surface area (Å²) in [4.78, 5) is 0. The van der Waals surface area contributed by atoms with Crippen LogP contribution in [0.15, 0.2) is 30.3 Å². The fourth-order valence-electron chi connectivity index (χ4n) is 1.75. The summed E-state index contributed by atoms with van der Waals surface area (Å²) in [6.07, 6.45) is -0.717. The van der Waals surface area contributed by atoms with Gasteiger partial charge in [-0.05, 0) is 56.1 Å². The highest BCUT2D eigenvalue weighted by molar-refractivity contribution is 5.64. The van der Waals surface area contributed by atoms with Crippen molar-refractivity contribution >= 4 is 5.57 Å². The molecule has 0 aliphatic rings. The number of rotatable bonds is 7. The van der Waals surface area contributed by atoms with Gasteiger partial charge >= 0.3 is 6.36 Å². The fraction of sp³-hybridized carbons (Fsp3) is 0.467. The minimum atomic E-state index is -4.65. The number of halogens is 3. The molecule has 0 fully saturated rings. The van der Waals surface area contributed by atoms with Gasteiger partial charge in [0.25, 0.3) is 0 Å². The molecule has 2 nitrogen and oxygen atoms in total. The van der Waals surface area contributed by atoms with Gasteiger partial charge in [0.05, 0.1) is 0 Å². The van der Waals surface area contributed by atoms with Gasteiger partial charge < -0.3 is 10.1 Å². The molecule has 0 unspecified atom stereocenters. The van der Waals surface area contributed by atoms with Gasteiger partial charge in [0, 0.05) is 0 Å². The first kappa shape index (κ1) is 16.6. The van der Waals surface area contributed by atoms with Crippen molar-refractivity contribution in [3.05, 3.63) is 35.9 Å². The first-order valence-corrected chi connectivity index (χ1v) is 6.66. The summed E-state index contributed by atoms with van der Waals surface area (Å²) in [5.74, 6) is -0.188. The van der Waals surface area contributed by atoms with Crippen molar-refractivity contribution in [2.24, 2.45) is 0 Å². The summed E-state index contributed by atoms with van der Waals surface area (Å²) in [5.41, 5.74) is 1.68. The minimum Gasteiger partial charge on any atom is -0.406 e. The summed E-state index contributed by atoms with van der Waals surface area (Å²) in [6.45, 7) is 5.82. The largest absolute Gasteiger partial charge is 0.573 e. The summed E-state index contributed by atoms with van der Waals surface area (Å²) in [7, 11) is 0. The lowest BCUT2D eigenvalue weighted by molar-refractivity contribution is -0.274. The van der Waals surface area contributed by atoms with Crippen LogP contribution in [-0.2, 0) is 0 Å². The van der Waals surface area contributed by atoms with Crippen molar-refractivity contribution < 1.29 is 17.9 Å². The van der Waals surface area contributed by atoms with Crippen LogP contribution in [0.25, 0.3) is 5.57 Å². The van der Waals surface area contributed by atoms with Crippen LogP contribution in [0.2, 0.25) is 0 Å². The van der Waals surface area contributed by atoms with Gasteiger partial charge in [-0.2, -0.15) is 0 Å². The zero-order valence-electron chi connectivity index (χ0n) is 11.8.